The largest absolute Gasteiger partial charge is 0.316 e. The second-order valence-electron chi connectivity index (χ2n) is 16.9. The lowest BCUT2D eigenvalue weighted by molar-refractivity contribution is 1.13. The van der Waals surface area contributed by atoms with Crippen molar-refractivity contribution in [3.8, 4) is 72.4 Å². The van der Waals surface area contributed by atoms with Crippen LogP contribution in [0.4, 0.5) is 0 Å². The van der Waals surface area contributed by atoms with Gasteiger partial charge in [0.05, 0.1) is 5.52 Å². The minimum absolute atomic E-state index is 1.13. The summed E-state index contributed by atoms with van der Waals surface area (Å²) in [5.41, 5.74) is 16.9. The number of aromatic nitrogens is 1. The average molecular weight is 862 g/mol. The highest BCUT2D eigenvalue weighted by Gasteiger charge is 2.17. The molecule has 0 amide bonds. The van der Waals surface area contributed by atoms with E-state index < -0.39 is 0 Å². The van der Waals surface area contributed by atoms with Crippen LogP contribution in [0.1, 0.15) is 0 Å². The van der Waals surface area contributed by atoms with Crippen molar-refractivity contribution >= 4 is 73.9 Å². The zero-order valence-corrected chi connectivity index (χ0v) is 36.9. The van der Waals surface area contributed by atoms with Crippen LogP contribution in [0, 0.1) is 0 Å². The van der Waals surface area contributed by atoms with E-state index in [1.165, 1.54) is 118 Å². The van der Waals surface area contributed by atoms with Gasteiger partial charge in [0.2, 0.25) is 0 Å². The van der Waals surface area contributed by atoms with E-state index in [0.29, 0.717) is 0 Å². The van der Waals surface area contributed by atoms with Gasteiger partial charge < -0.3 is 4.57 Å². The molecule has 0 saturated carbocycles. The van der Waals surface area contributed by atoms with E-state index in [9.17, 15) is 0 Å². The van der Waals surface area contributed by atoms with E-state index in [0.717, 1.165) is 5.69 Å². The number of nitrogens with zero attached hydrogens (tertiary/aromatic N) is 1. The Morgan fingerprint density at radius 1 is 0.246 bits per heavy atom. The molecule has 1 nitrogen and oxygen atoms in total. The summed E-state index contributed by atoms with van der Waals surface area (Å²) in [5, 5.41) is 6.41. The summed E-state index contributed by atoms with van der Waals surface area (Å²) in [4.78, 5) is 0. The van der Waals surface area contributed by atoms with Crippen LogP contribution < -0.4 is 0 Å². The van der Waals surface area contributed by atoms with E-state index in [1.54, 1.807) is 0 Å². The Hall–Kier alpha value is -7.82. The third-order valence-electron chi connectivity index (χ3n) is 13.0. The summed E-state index contributed by atoms with van der Waals surface area (Å²) < 4.78 is 7.62. The monoisotopic (exact) mass is 861 g/mol. The van der Waals surface area contributed by atoms with Gasteiger partial charge in [0.15, 0.2) is 0 Å². The molecule has 0 bridgehead atoms. The molecule has 0 saturated heterocycles. The quantitative estimate of drug-likeness (QED) is 0.150. The van der Waals surface area contributed by atoms with Crippen molar-refractivity contribution in [2.75, 3.05) is 0 Å². The highest BCUT2D eigenvalue weighted by molar-refractivity contribution is 7.26. The zero-order chi connectivity index (χ0) is 42.8. The topological polar surface area (TPSA) is 4.93 Å². The van der Waals surface area contributed by atoms with Crippen LogP contribution in [-0.4, -0.2) is 4.57 Å². The van der Waals surface area contributed by atoms with Crippen LogP contribution in [0.25, 0.3) is 124 Å². The molecule has 304 valence electrons. The third-order valence-corrected chi connectivity index (χ3v) is 15.3. The fraction of sp³-hybridized carbons (Fsp3) is 0. The number of hydrogen-bond acceptors (Lipinski definition) is 2. The van der Waals surface area contributed by atoms with Gasteiger partial charge in [-0.1, -0.05) is 152 Å². The standard InChI is InChI=1S/C62H39NS2/c1-5-13-40(14-6-1)44-21-26-58-52(34-44)57(43-19-11-4-12-20-43)39-63(58)51-32-49(47-24-29-61-55(37-47)53-35-45(22-27-59(53)64-61)41-15-7-2-8-16-41)31-50(33-51)48-25-30-62-56(38-48)54-36-46(23-28-60(54)65-62)42-17-9-3-10-18-42/h1-39H. The van der Waals surface area contributed by atoms with E-state index in [-0.39, 0.29) is 0 Å². The lowest BCUT2D eigenvalue weighted by Crippen LogP contribution is -1.94. The van der Waals surface area contributed by atoms with Crippen molar-refractivity contribution < 1.29 is 0 Å². The van der Waals surface area contributed by atoms with Crippen LogP contribution in [0.15, 0.2) is 237 Å². The second-order valence-corrected chi connectivity index (χ2v) is 19.1. The molecule has 0 spiro atoms. The molecule has 0 unspecified atom stereocenters. The van der Waals surface area contributed by atoms with E-state index in [4.69, 9.17) is 0 Å². The number of hydrogen-bond donors (Lipinski definition) is 0. The molecule has 10 aromatic carbocycles. The molecule has 0 fully saturated rings. The number of benzene rings is 10. The number of rotatable bonds is 7. The Labute approximate surface area is 385 Å². The second kappa shape index (κ2) is 15.5. The molecule has 0 radical (unpaired) electrons. The molecule has 0 atom stereocenters. The van der Waals surface area contributed by atoms with Crippen molar-refractivity contribution in [2.24, 2.45) is 0 Å². The maximum atomic E-state index is 2.42. The van der Waals surface area contributed by atoms with Gasteiger partial charge in [0.1, 0.15) is 0 Å². The van der Waals surface area contributed by atoms with Crippen molar-refractivity contribution in [1.29, 1.82) is 0 Å². The average Bonchev–Trinajstić information content (AvgIpc) is 4.07. The minimum atomic E-state index is 1.13. The van der Waals surface area contributed by atoms with Gasteiger partial charge in [0, 0.05) is 63.2 Å². The smallest absolute Gasteiger partial charge is 0.0535 e. The van der Waals surface area contributed by atoms with Crippen LogP contribution >= 0.6 is 22.7 Å². The molecule has 3 heterocycles. The summed E-state index contributed by atoms with van der Waals surface area (Å²) >= 11 is 3.74. The first-order chi connectivity index (χ1) is 32.2. The minimum Gasteiger partial charge on any atom is -0.316 e. The molecule has 3 aromatic heterocycles. The van der Waals surface area contributed by atoms with Crippen LogP contribution in [0.3, 0.4) is 0 Å². The Morgan fingerprint density at radius 2 is 0.585 bits per heavy atom. The van der Waals surface area contributed by atoms with Gasteiger partial charge in [-0.2, -0.15) is 0 Å². The fourth-order valence-corrected chi connectivity index (χ4v) is 11.9. The summed E-state index contributed by atoms with van der Waals surface area (Å²) in [5.74, 6) is 0. The molecule has 13 rings (SSSR count). The first-order valence-electron chi connectivity index (χ1n) is 22.1. The Kier molecular flexibility index (Phi) is 8.97. The molecule has 0 N–H and O–H groups in total. The Balaban J connectivity index is 1.03. The summed E-state index contributed by atoms with van der Waals surface area (Å²) in [6.07, 6.45) is 2.35. The van der Waals surface area contributed by atoms with E-state index >= 15 is 0 Å². The van der Waals surface area contributed by atoms with Crippen molar-refractivity contribution in [1.82, 2.24) is 4.57 Å². The summed E-state index contributed by atoms with van der Waals surface area (Å²) in [6, 6.07) is 85.0. The maximum Gasteiger partial charge on any atom is 0.0535 e. The predicted molar refractivity (Wildman–Crippen MR) is 282 cm³/mol. The predicted octanol–water partition coefficient (Wildman–Crippen LogP) is 18.4. The van der Waals surface area contributed by atoms with Gasteiger partial charge in [0.25, 0.3) is 0 Å². The van der Waals surface area contributed by atoms with Crippen LogP contribution in [0.5, 0.6) is 0 Å². The van der Waals surface area contributed by atoms with E-state index in [1.807, 2.05) is 22.7 Å². The van der Waals surface area contributed by atoms with Crippen molar-refractivity contribution in [2.45, 2.75) is 0 Å². The van der Waals surface area contributed by atoms with Gasteiger partial charge in [-0.05, 0) is 140 Å². The van der Waals surface area contributed by atoms with Crippen molar-refractivity contribution in [3.05, 3.63) is 237 Å². The SMILES string of the molecule is c1ccc(-c2ccc3c(c2)c(-c2ccccc2)cn3-c2cc(-c3ccc4sc5ccc(-c6ccccc6)cc5c4c3)cc(-c3ccc4sc5ccc(-c6ccccc6)cc5c4c3)c2)cc1. The molecule has 3 heteroatoms. The summed E-state index contributed by atoms with van der Waals surface area (Å²) in [7, 11) is 0. The van der Waals surface area contributed by atoms with Gasteiger partial charge >= 0.3 is 0 Å². The van der Waals surface area contributed by atoms with Crippen LogP contribution in [-0.2, 0) is 0 Å². The molecule has 65 heavy (non-hydrogen) atoms. The first-order valence-corrected chi connectivity index (χ1v) is 23.8. The van der Waals surface area contributed by atoms with Crippen molar-refractivity contribution in [3.63, 3.8) is 0 Å². The Morgan fingerprint density at radius 3 is 0.985 bits per heavy atom. The lowest BCUT2D eigenvalue weighted by Gasteiger charge is -2.14. The molecular formula is C62H39NS2. The molecule has 13 aromatic rings. The number of thiophene rings is 2. The van der Waals surface area contributed by atoms with Crippen LogP contribution in [0.2, 0.25) is 0 Å². The molecule has 0 aliphatic carbocycles. The maximum absolute atomic E-state index is 2.42. The third kappa shape index (κ3) is 6.68. The van der Waals surface area contributed by atoms with E-state index in [2.05, 4.69) is 241 Å². The fourth-order valence-electron chi connectivity index (χ4n) is 9.72. The lowest BCUT2D eigenvalue weighted by atomic mass is 9.95. The van der Waals surface area contributed by atoms with Gasteiger partial charge in [-0.25, -0.2) is 0 Å². The normalized spacial score (nSPS) is 11.7. The van der Waals surface area contributed by atoms with Gasteiger partial charge in [-0.15, -0.1) is 22.7 Å². The first kappa shape index (κ1) is 37.7. The number of fused-ring (bicyclic) bond motifs is 7. The summed E-state index contributed by atoms with van der Waals surface area (Å²) in [6.45, 7) is 0. The highest BCUT2D eigenvalue weighted by atomic mass is 32.1. The molecule has 0 aliphatic rings. The van der Waals surface area contributed by atoms with Gasteiger partial charge in [-0.3, -0.25) is 0 Å². The zero-order valence-electron chi connectivity index (χ0n) is 35.3. The molecule has 0 aliphatic heterocycles. The molecular weight excluding hydrogens is 823 g/mol. The Bertz CT molecular complexity index is 3740. The highest BCUT2D eigenvalue weighted by Crippen LogP contribution is 2.43.